The van der Waals surface area contributed by atoms with E-state index in [2.05, 4.69) is 60.7 Å². The summed E-state index contributed by atoms with van der Waals surface area (Å²) in [5.41, 5.74) is 3.17. The van der Waals surface area contributed by atoms with Crippen LogP contribution in [0.25, 0.3) is 0 Å². The largest absolute Gasteiger partial charge is 0.408 e. The summed E-state index contributed by atoms with van der Waals surface area (Å²) in [7, 11) is 4.21. The van der Waals surface area contributed by atoms with Gasteiger partial charge in [-0.1, -0.05) is 41.5 Å². The smallest absolute Gasteiger partial charge is 0.0911 e. The molecular formula is C13H23N. The highest BCUT2D eigenvalue weighted by molar-refractivity contribution is 5.23. The number of hydrogen-bond acceptors (Lipinski definition) is 0. The van der Waals surface area contributed by atoms with Crippen molar-refractivity contribution in [3.63, 3.8) is 0 Å². The number of allylic oxidation sites excluding steroid dienone is 4. The van der Waals surface area contributed by atoms with E-state index in [0.717, 1.165) is 0 Å². The van der Waals surface area contributed by atoms with Crippen molar-refractivity contribution in [2.45, 2.75) is 41.5 Å². The molecule has 0 spiro atoms. The summed E-state index contributed by atoms with van der Waals surface area (Å²) in [4.78, 5) is 1.23. The third kappa shape index (κ3) is 2.09. The molecule has 1 heterocycles. The quantitative estimate of drug-likeness (QED) is 0.564. The Labute approximate surface area is 88.5 Å². The predicted octanol–water partition coefficient (Wildman–Crippen LogP) is 2.54. The Kier molecular flexibility index (Phi) is 2.66. The van der Waals surface area contributed by atoms with Gasteiger partial charge in [0.15, 0.2) is 0 Å². The van der Waals surface area contributed by atoms with Crippen molar-refractivity contribution in [1.82, 2.24) is 0 Å². The van der Waals surface area contributed by atoms with Crippen molar-refractivity contribution in [1.29, 1.82) is 0 Å². The average Bonchev–Trinajstić information content (AvgIpc) is 2.26. The first-order chi connectivity index (χ1) is 6.14. The molecule has 1 N–H and O–H groups in total. The van der Waals surface area contributed by atoms with E-state index in [1.165, 1.54) is 16.3 Å². The summed E-state index contributed by atoms with van der Waals surface area (Å²) in [6.45, 7) is 13.4. The van der Waals surface area contributed by atoms with Crippen LogP contribution in [0.1, 0.15) is 41.5 Å². The fraction of sp³-hybridized carbons (Fsp3) is 0.615. The van der Waals surface area contributed by atoms with Gasteiger partial charge in [0.1, 0.15) is 0 Å². The van der Waals surface area contributed by atoms with Crippen LogP contribution in [0.5, 0.6) is 0 Å². The summed E-state index contributed by atoms with van der Waals surface area (Å²) in [5.74, 6) is 0. The van der Waals surface area contributed by atoms with Gasteiger partial charge in [-0.15, -0.1) is 7.05 Å². The maximum atomic E-state index is 4.21. The number of hydrogen-bond donors (Lipinski definition) is 1. The van der Waals surface area contributed by atoms with Gasteiger partial charge < -0.3 is 4.90 Å². The van der Waals surface area contributed by atoms with E-state index in [0.29, 0.717) is 0 Å². The van der Waals surface area contributed by atoms with E-state index in [4.69, 9.17) is 0 Å². The summed E-state index contributed by atoms with van der Waals surface area (Å²) in [5, 5.41) is 0. The molecule has 1 aliphatic rings. The Hall–Kier alpha value is -0.560. The molecule has 0 fully saturated rings. The summed E-state index contributed by atoms with van der Waals surface area (Å²) in [6.07, 6.45) is 4.45. The fourth-order valence-corrected chi connectivity index (χ4v) is 1.92. The van der Waals surface area contributed by atoms with E-state index < -0.39 is 0 Å². The minimum atomic E-state index is 0.209. The third-order valence-electron chi connectivity index (χ3n) is 2.68. The lowest BCUT2D eigenvalue weighted by atomic mass is 9.89. The predicted molar refractivity (Wildman–Crippen MR) is 61.4 cm³/mol. The maximum absolute atomic E-state index is 4.21. The highest BCUT2D eigenvalue weighted by atomic mass is 15.1. The first kappa shape index (κ1) is 11.5. The second-order valence-electron chi connectivity index (χ2n) is 6.14. The van der Waals surface area contributed by atoms with Crippen molar-refractivity contribution < 1.29 is 4.90 Å². The molecular weight excluding hydrogens is 170 g/mol. The Morgan fingerprint density at radius 2 is 1.14 bits per heavy atom. The van der Waals surface area contributed by atoms with Crippen molar-refractivity contribution >= 4 is 0 Å². The Bertz CT molecular complexity index is 251. The third-order valence-corrected chi connectivity index (χ3v) is 2.68. The minimum absolute atomic E-state index is 0.209. The van der Waals surface area contributed by atoms with E-state index in [1.54, 1.807) is 0 Å². The minimum Gasteiger partial charge on any atom is -0.408 e. The molecule has 0 unspecified atom stereocenters. The lowest BCUT2D eigenvalue weighted by Gasteiger charge is -2.34. The molecule has 0 aromatic carbocycles. The highest BCUT2D eigenvalue weighted by Crippen LogP contribution is 2.29. The van der Waals surface area contributed by atoms with E-state index in [1.807, 2.05) is 0 Å². The van der Waals surface area contributed by atoms with Gasteiger partial charge in [0, 0.05) is 10.8 Å². The van der Waals surface area contributed by atoms with Gasteiger partial charge in [0.05, 0.1) is 11.4 Å². The second kappa shape index (κ2) is 3.23. The van der Waals surface area contributed by atoms with Crippen LogP contribution >= 0.6 is 0 Å². The average molecular weight is 193 g/mol. The normalized spacial score (nSPS) is 19.6. The molecule has 1 nitrogen and oxygen atoms in total. The van der Waals surface area contributed by atoms with Crippen LogP contribution in [0.3, 0.4) is 0 Å². The van der Waals surface area contributed by atoms with Gasteiger partial charge in [-0.05, 0) is 12.2 Å². The SMILES string of the molecule is [CH2-][NH+]1C(C(C)(C)C)=CC=C1C(C)(C)C. The Balaban J connectivity index is 2.90. The number of nitrogens with one attached hydrogen (secondary N) is 1. The molecule has 0 bridgehead atoms. The molecule has 0 radical (unpaired) electrons. The zero-order chi connectivity index (χ0) is 11.1. The molecule has 1 rings (SSSR count). The van der Waals surface area contributed by atoms with Crippen LogP contribution in [0.4, 0.5) is 0 Å². The zero-order valence-corrected chi connectivity index (χ0v) is 10.4. The van der Waals surface area contributed by atoms with Crippen LogP contribution in [-0.4, -0.2) is 0 Å². The van der Waals surface area contributed by atoms with Gasteiger partial charge in [0.2, 0.25) is 0 Å². The second-order valence-corrected chi connectivity index (χ2v) is 6.14. The zero-order valence-electron chi connectivity index (χ0n) is 10.4. The summed E-state index contributed by atoms with van der Waals surface area (Å²) in [6, 6.07) is 0. The van der Waals surface area contributed by atoms with Crippen LogP contribution in [0.2, 0.25) is 0 Å². The molecule has 0 saturated heterocycles. The number of quaternary nitrogens is 1. The van der Waals surface area contributed by atoms with Crippen molar-refractivity contribution in [2.24, 2.45) is 10.8 Å². The van der Waals surface area contributed by atoms with E-state index >= 15 is 0 Å². The van der Waals surface area contributed by atoms with E-state index in [9.17, 15) is 0 Å². The topological polar surface area (TPSA) is 4.44 Å². The highest BCUT2D eigenvalue weighted by Gasteiger charge is 2.33. The van der Waals surface area contributed by atoms with Crippen LogP contribution in [0.15, 0.2) is 23.5 Å². The van der Waals surface area contributed by atoms with Crippen molar-refractivity contribution in [3.05, 3.63) is 30.6 Å². The van der Waals surface area contributed by atoms with Gasteiger partial charge in [-0.25, -0.2) is 0 Å². The summed E-state index contributed by atoms with van der Waals surface area (Å²) >= 11 is 0. The lowest BCUT2D eigenvalue weighted by Crippen LogP contribution is -3.04. The molecule has 0 saturated carbocycles. The molecule has 14 heavy (non-hydrogen) atoms. The monoisotopic (exact) mass is 193 g/mol. The molecule has 0 aliphatic carbocycles. The molecule has 80 valence electrons. The maximum Gasteiger partial charge on any atom is 0.0911 e. The summed E-state index contributed by atoms with van der Waals surface area (Å²) < 4.78 is 0. The molecule has 1 aliphatic heterocycles. The van der Waals surface area contributed by atoms with Gasteiger partial charge in [-0.3, -0.25) is 0 Å². The Morgan fingerprint density at radius 1 is 0.857 bits per heavy atom. The molecule has 0 atom stereocenters. The molecule has 0 aromatic rings. The van der Waals surface area contributed by atoms with Crippen LogP contribution in [-0.2, 0) is 0 Å². The Morgan fingerprint density at radius 3 is 1.29 bits per heavy atom. The van der Waals surface area contributed by atoms with Crippen LogP contribution < -0.4 is 4.90 Å². The first-order valence-electron chi connectivity index (χ1n) is 5.26. The van der Waals surface area contributed by atoms with Crippen LogP contribution in [0, 0.1) is 17.9 Å². The van der Waals surface area contributed by atoms with Crippen molar-refractivity contribution in [3.8, 4) is 0 Å². The van der Waals surface area contributed by atoms with Crippen molar-refractivity contribution in [2.75, 3.05) is 0 Å². The molecule has 0 amide bonds. The fourth-order valence-electron chi connectivity index (χ4n) is 1.92. The number of rotatable bonds is 0. The standard InChI is InChI=1S/C13H23N/c1-12(2,3)10-8-9-11(14(10)7)13(4,5)6/h8-9,14H,7H2,1-6H3. The molecule has 0 aromatic heterocycles. The van der Waals surface area contributed by atoms with Gasteiger partial charge in [-0.2, -0.15) is 0 Å². The first-order valence-corrected chi connectivity index (χ1v) is 5.26. The molecule has 1 heteroatoms. The van der Waals surface area contributed by atoms with Gasteiger partial charge in [0.25, 0.3) is 0 Å². The lowest BCUT2D eigenvalue weighted by molar-refractivity contribution is -0.779. The van der Waals surface area contributed by atoms with E-state index in [-0.39, 0.29) is 10.8 Å². The van der Waals surface area contributed by atoms with Gasteiger partial charge >= 0.3 is 0 Å².